The number of rotatable bonds is 7. The zero-order valence-corrected chi connectivity index (χ0v) is 38.7. The monoisotopic (exact) mass is 874 g/mol. The van der Waals surface area contributed by atoms with Crippen molar-refractivity contribution in [2.24, 2.45) is 17.3 Å². The van der Waals surface area contributed by atoms with Gasteiger partial charge in [-0.15, -0.1) is 0 Å². The van der Waals surface area contributed by atoms with E-state index in [-0.39, 0.29) is 17.9 Å². The normalized spacial score (nSPS) is 36.5. The van der Waals surface area contributed by atoms with Crippen LogP contribution in [0.5, 0.6) is 5.75 Å². The molecule has 340 valence electrons. The molecule has 7 heterocycles. The van der Waals surface area contributed by atoms with Gasteiger partial charge in [-0.05, 0) is 86.4 Å². The molecule has 1 saturated carbocycles. The number of likely N-dealkylation sites (N-methyl/N-ethyl adjacent to an activating group) is 1. The molecular formula is C51H62N4O9. The third-order valence-corrected chi connectivity index (χ3v) is 16.6. The molecule has 1 unspecified atom stereocenters. The van der Waals surface area contributed by atoms with Crippen LogP contribution in [0.25, 0.3) is 10.9 Å². The van der Waals surface area contributed by atoms with Gasteiger partial charge in [0.2, 0.25) is 0 Å². The molecule has 2 aromatic carbocycles. The van der Waals surface area contributed by atoms with Gasteiger partial charge in [-0.1, -0.05) is 51.7 Å². The highest BCUT2D eigenvalue weighted by Crippen LogP contribution is 2.80. The number of carbonyl (C=O) groups excluding carboxylic acids is 3. The van der Waals surface area contributed by atoms with Gasteiger partial charge in [0.1, 0.15) is 11.2 Å². The van der Waals surface area contributed by atoms with E-state index >= 15 is 4.79 Å². The van der Waals surface area contributed by atoms with Crippen LogP contribution in [0, 0.1) is 29.1 Å². The number of hydrogen-bond acceptors (Lipinski definition) is 12. The Balaban J connectivity index is 1.28. The molecule has 13 heteroatoms. The second-order valence-electron chi connectivity index (χ2n) is 20.0. The van der Waals surface area contributed by atoms with Crippen LogP contribution < -0.4 is 9.64 Å². The maximum Gasteiger partial charge on any atom is 0.347 e. The van der Waals surface area contributed by atoms with Crippen LogP contribution in [0.1, 0.15) is 94.7 Å². The van der Waals surface area contributed by atoms with E-state index in [1.807, 2.05) is 31.0 Å². The number of hydrogen-bond donors (Lipinski definition) is 2. The van der Waals surface area contributed by atoms with E-state index in [1.54, 1.807) is 7.11 Å². The van der Waals surface area contributed by atoms with Crippen LogP contribution in [0.3, 0.4) is 0 Å². The summed E-state index contributed by atoms with van der Waals surface area (Å²) in [4.78, 5) is 54.1. The van der Waals surface area contributed by atoms with Crippen LogP contribution in [-0.4, -0.2) is 128 Å². The molecule has 6 aliphatic heterocycles. The lowest BCUT2D eigenvalue weighted by Crippen LogP contribution is -2.75. The van der Waals surface area contributed by atoms with Crippen molar-refractivity contribution in [2.75, 3.05) is 66.0 Å². The molecule has 10 atom stereocenters. The maximum atomic E-state index is 15.6. The van der Waals surface area contributed by atoms with Crippen LogP contribution in [0.2, 0.25) is 0 Å². The Morgan fingerprint density at radius 1 is 1.02 bits per heavy atom. The SMILES string of the molecule is CC[C@]1(O)C[C@H]2CN(CCc3c([nH]c4ccc(C#CC(C)C)cc34)[C@@](C(=O)OC)(c3cc4c(cc3OC)N(C)[C@@]35O[C@]3(C(=O)OC)[C@H](OC(C)=O)[C@]3(CC)C=CCN6CC[C@]45[C@@H]63)C2)C1. The fourth-order valence-corrected chi connectivity index (χ4v) is 14.2. The van der Waals surface area contributed by atoms with Gasteiger partial charge in [-0.3, -0.25) is 19.4 Å². The number of benzene rings is 2. The molecule has 1 aliphatic carbocycles. The summed E-state index contributed by atoms with van der Waals surface area (Å²) in [6, 6.07) is 10.1. The van der Waals surface area contributed by atoms with Crippen LogP contribution in [-0.2, 0) is 50.6 Å². The Morgan fingerprint density at radius 2 is 1.80 bits per heavy atom. The molecule has 2 bridgehead atoms. The summed E-state index contributed by atoms with van der Waals surface area (Å²) in [7, 11) is 6.38. The Hall–Kier alpha value is -4.87. The van der Waals surface area contributed by atoms with E-state index in [0.29, 0.717) is 82.6 Å². The molecule has 13 nitrogen and oxygen atoms in total. The molecule has 3 aromatic rings. The lowest BCUT2D eigenvalue weighted by molar-refractivity contribution is -0.178. The number of nitrogens with zero attached hydrogens (tertiary/aromatic N) is 3. The van der Waals surface area contributed by atoms with E-state index in [9.17, 15) is 14.7 Å². The number of carbonyl (C=O) groups is 3. The minimum Gasteiger partial charge on any atom is -0.496 e. The average Bonchev–Trinajstić information content (AvgIpc) is 3.53. The Labute approximate surface area is 375 Å². The van der Waals surface area contributed by atoms with Gasteiger partial charge >= 0.3 is 17.9 Å². The predicted molar refractivity (Wildman–Crippen MR) is 240 cm³/mol. The quantitative estimate of drug-likeness (QED) is 0.104. The lowest BCUT2D eigenvalue weighted by atomic mass is 9.49. The Kier molecular flexibility index (Phi) is 9.80. The van der Waals surface area contributed by atoms with Crippen LogP contribution in [0.4, 0.5) is 5.69 Å². The summed E-state index contributed by atoms with van der Waals surface area (Å²) in [5.74, 6) is 5.72. The first kappa shape index (κ1) is 43.0. The number of aromatic amines is 1. The topological polar surface area (TPSA) is 146 Å². The molecule has 2 N–H and O–H groups in total. The minimum atomic E-state index is -1.67. The molecule has 0 amide bonds. The van der Waals surface area contributed by atoms with Crippen molar-refractivity contribution >= 4 is 34.5 Å². The number of anilines is 1. The Morgan fingerprint density at radius 3 is 2.48 bits per heavy atom. The van der Waals surface area contributed by atoms with Gasteiger partial charge in [0.15, 0.2) is 11.8 Å². The van der Waals surface area contributed by atoms with Gasteiger partial charge in [0, 0.05) is 97.0 Å². The first-order valence-electron chi connectivity index (χ1n) is 23.1. The van der Waals surface area contributed by atoms with Crippen molar-refractivity contribution in [1.29, 1.82) is 0 Å². The average molecular weight is 875 g/mol. The summed E-state index contributed by atoms with van der Waals surface area (Å²) in [6.07, 6.45) is 6.50. The second-order valence-corrected chi connectivity index (χ2v) is 20.0. The third kappa shape index (κ3) is 5.31. The molecule has 7 aliphatic rings. The van der Waals surface area contributed by atoms with Crippen molar-refractivity contribution in [1.82, 2.24) is 14.8 Å². The molecular weight excluding hydrogens is 813 g/mol. The lowest BCUT2D eigenvalue weighted by Gasteiger charge is -2.58. The first-order chi connectivity index (χ1) is 30.6. The van der Waals surface area contributed by atoms with Gasteiger partial charge in [-0.2, -0.15) is 0 Å². The number of H-pyrrole nitrogens is 1. The summed E-state index contributed by atoms with van der Waals surface area (Å²) < 4.78 is 31.6. The van der Waals surface area contributed by atoms with Crippen LogP contribution >= 0.6 is 0 Å². The van der Waals surface area contributed by atoms with Crippen molar-refractivity contribution < 1.29 is 43.2 Å². The van der Waals surface area contributed by atoms with Crippen molar-refractivity contribution in [3.63, 3.8) is 0 Å². The smallest absolute Gasteiger partial charge is 0.347 e. The minimum absolute atomic E-state index is 0.108. The zero-order valence-electron chi connectivity index (χ0n) is 38.7. The van der Waals surface area contributed by atoms with E-state index < -0.39 is 57.2 Å². The number of piperidine rings is 1. The van der Waals surface area contributed by atoms with Crippen molar-refractivity contribution in [2.45, 2.75) is 113 Å². The van der Waals surface area contributed by atoms with Gasteiger partial charge in [0.05, 0.1) is 32.3 Å². The maximum absolute atomic E-state index is 15.6. The summed E-state index contributed by atoms with van der Waals surface area (Å²) >= 11 is 0. The van der Waals surface area contributed by atoms with Gasteiger partial charge in [-0.25, -0.2) is 4.79 Å². The molecule has 1 aromatic heterocycles. The summed E-state index contributed by atoms with van der Waals surface area (Å²) in [5.41, 5.74) is -1.16. The molecule has 0 radical (unpaired) electrons. The number of epoxide rings is 1. The van der Waals surface area contributed by atoms with E-state index in [0.717, 1.165) is 39.0 Å². The molecule has 64 heavy (non-hydrogen) atoms. The number of ether oxygens (including phenoxy) is 5. The highest BCUT2D eigenvalue weighted by molar-refractivity contribution is 5.96. The second kappa shape index (κ2) is 14.6. The highest BCUT2D eigenvalue weighted by atomic mass is 16.7. The number of aromatic nitrogens is 1. The first-order valence-corrected chi connectivity index (χ1v) is 23.1. The van der Waals surface area contributed by atoms with Crippen molar-refractivity contribution in [3.05, 3.63) is 70.4 Å². The highest BCUT2D eigenvalue weighted by Gasteiger charge is 2.98. The summed E-state index contributed by atoms with van der Waals surface area (Å²) in [6.45, 7) is 13.0. The number of fused-ring (bicyclic) bond motifs is 6. The van der Waals surface area contributed by atoms with E-state index in [1.165, 1.54) is 21.1 Å². The standard InChI is InChI=1S/C51H62N4O9/c1-10-46(59)26-33-27-48(44(57)61-8,41-34(17-21-54(28-33)29-46)35-23-32(14-13-30(3)4)15-16-38(35)52-41)37-24-36-39(25-40(37)60-7)53(6)51-49(36)19-22-55-20-12-18-47(11-2,42(49)55)43(63-31(5)56)50(51,64-51)45(58)62-9/h12,15-16,18,23-25,30,33,42-43,52,59H,10-11,17,19-22,26-29H2,1-9H3/t33-,42+,43-,46+,47-,48+,49-,50+,51+/m1/s1. The number of aliphatic hydroxyl groups is 1. The fourth-order valence-electron chi connectivity index (χ4n) is 14.2. The van der Waals surface area contributed by atoms with E-state index in [4.69, 9.17) is 23.7 Å². The van der Waals surface area contributed by atoms with E-state index in [2.05, 4.69) is 77.7 Å². The largest absolute Gasteiger partial charge is 0.496 e. The number of nitrogens with one attached hydrogen (secondary N) is 1. The zero-order chi connectivity index (χ0) is 45.4. The van der Waals surface area contributed by atoms with Gasteiger partial charge < -0.3 is 38.7 Å². The molecule has 4 fully saturated rings. The van der Waals surface area contributed by atoms with Gasteiger partial charge in [0.25, 0.3) is 5.60 Å². The molecule has 3 saturated heterocycles. The fraction of sp³-hybridized carbons (Fsp3) is 0.588. The molecule has 10 rings (SSSR count). The number of esters is 3. The third-order valence-electron chi connectivity index (χ3n) is 16.6. The predicted octanol–water partition coefficient (Wildman–Crippen LogP) is 5.36. The van der Waals surface area contributed by atoms with Crippen molar-refractivity contribution in [3.8, 4) is 17.6 Å². The van der Waals surface area contributed by atoms with Crippen LogP contribution in [0.15, 0.2) is 42.5 Å². The number of methoxy groups -OCH3 is 3. The summed E-state index contributed by atoms with van der Waals surface area (Å²) in [5, 5.41) is 13.1. The Bertz CT molecular complexity index is 2580. The molecule has 2 spiro atoms.